The predicted molar refractivity (Wildman–Crippen MR) is 87.0 cm³/mol. The highest BCUT2D eigenvalue weighted by Gasteiger charge is 2.32. The average molecular weight is 341 g/mol. The van der Waals surface area contributed by atoms with Crippen LogP contribution in [0.1, 0.15) is 38.6 Å². The Hall–Kier alpha value is -1.05. The van der Waals surface area contributed by atoms with Crippen molar-refractivity contribution in [2.75, 3.05) is 24.7 Å². The lowest BCUT2D eigenvalue weighted by atomic mass is 10.1. The Bertz CT molecular complexity index is 547. The largest absolute Gasteiger partial charge is 0.477 e. The molecule has 2 fully saturated rings. The molecule has 0 aromatic carbocycles. The van der Waals surface area contributed by atoms with Crippen molar-refractivity contribution >= 4 is 35.0 Å². The number of hydrogen-bond donors (Lipinski definition) is 1. The number of hydrogen-bond acceptors (Lipinski definition) is 5. The van der Waals surface area contributed by atoms with Crippen LogP contribution >= 0.6 is 23.1 Å². The molecule has 1 aromatic rings. The van der Waals surface area contributed by atoms with E-state index in [4.69, 9.17) is 9.84 Å². The topological polar surface area (TPSA) is 66.8 Å². The first-order chi connectivity index (χ1) is 10.6. The minimum Gasteiger partial charge on any atom is -0.477 e. The molecule has 0 spiro atoms. The summed E-state index contributed by atoms with van der Waals surface area (Å²) in [5.74, 6) is 0.993. The van der Waals surface area contributed by atoms with Crippen LogP contribution in [0.15, 0.2) is 12.1 Å². The van der Waals surface area contributed by atoms with Crippen molar-refractivity contribution in [2.24, 2.45) is 0 Å². The molecule has 2 saturated heterocycles. The first-order valence-electron chi connectivity index (χ1n) is 7.48. The van der Waals surface area contributed by atoms with Gasteiger partial charge in [-0.1, -0.05) is 0 Å². The van der Waals surface area contributed by atoms with Crippen molar-refractivity contribution in [1.82, 2.24) is 4.90 Å². The van der Waals surface area contributed by atoms with E-state index in [1.165, 1.54) is 6.07 Å². The highest BCUT2D eigenvalue weighted by Crippen LogP contribution is 2.27. The van der Waals surface area contributed by atoms with Gasteiger partial charge in [0, 0.05) is 24.9 Å². The van der Waals surface area contributed by atoms with E-state index in [1.807, 2.05) is 16.7 Å². The highest BCUT2D eigenvalue weighted by atomic mass is 32.2. The summed E-state index contributed by atoms with van der Waals surface area (Å²) in [6.07, 6.45) is 3.16. The minimum absolute atomic E-state index is 0.0551. The molecular formula is C15H19NO4S2. The number of carboxylic acid groups (broad SMARTS) is 1. The molecule has 1 aromatic heterocycles. The Morgan fingerprint density at radius 1 is 1.32 bits per heavy atom. The quantitative estimate of drug-likeness (QED) is 0.891. The fourth-order valence-corrected chi connectivity index (χ4v) is 4.91. The summed E-state index contributed by atoms with van der Waals surface area (Å²) in [5.41, 5.74) is 0. The van der Waals surface area contributed by atoms with Gasteiger partial charge in [0.15, 0.2) is 0 Å². The Balaban J connectivity index is 1.76. The van der Waals surface area contributed by atoms with Gasteiger partial charge in [0.25, 0.3) is 5.91 Å². The second-order valence-corrected chi connectivity index (χ2v) is 7.81. The lowest BCUT2D eigenvalue weighted by Crippen LogP contribution is -2.44. The van der Waals surface area contributed by atoms with E-state index in [0.717, 1.165) is 48.7 Å². The van der Waals surface area contributed by atoms with Gasteiger partial charge in [-0.25, -0.2) is 4.79 Å². The third-order valence-corrected chi connectivity index (χ3v) is 6.27. The second kappa shape index (κ2) is 7.02. The van der Waals surface area contributed by atoms with Gasteiger partial charge in [-0.3, -0.25) is 4.79 Å². The molecule has 7 heteroatoms. The molecule has 2 aliphatic rings. The van der Waals surface area contributed by atoms with Crippen LogP contribution in [0.25, 0.3) is 0 Å². The third-order valence-electron chi connectivity index (χ3n) is 4.06. The SMILES string of the molecule is O=C(O)c1ccc(C(=O)N(CC2CCCO2)C2CCSC2)s1. The van der Waals surface area contributed by atoms with Crippen molar-refractivity contribution in [2.45, 2.75) is 31.4 Å². The average Bonchev–Trinajstić information content (AvgIpc) is 3.24. The van der Waals surface area contributed by atoms with Crippen LogP contribution in [0.5, 0.6) is 0 Å². The maximum Gasteiger partial charge on any atom is 0.345 e. The summed E-state index contributed by atoms with van der Waals surface area (Å²) in [7, 11) is 0. The zero-order valence-corrected chi connectivity index (χ0v) is 13.8. The number of carboxylic acids is 1. The molecule has 1 N–H and O–H groups in total. The van der Waals surface area contributed by atoms with Crippen molar-refractivity contribution in [3.8, 4) is 0 Å². The van der Waals surface area contributed by atoms with Gasteiger partial charge in [0.2, 0.25) is 0 Å². The van der Waals surface area contributed by atoms with E-state index in [2.05, 4.69) is 0 Å². The van der Waals surface area contributed by atoms with Gasteiger partial charge in [0.05, 0.1) is 11.0 Å². The first-order valence-corrected chi connectivity index (χ1v) is 9.45. The van der Waals surface area contributed by atoms with Crippen molar-refractivity contribution in [3.05, 3.63) is 21.9 Å². The summed E-state index contributed by atoms with van der Waals surface area (Å²) < 4.78 is 5.68. The summed E-state index contributed by atoms with van der Waals surface area (Å²) in [6, 6.07) is 3.37. The molecule has 1 amide bonds. The number of thioether (sulfide) groups is 1. The van der Waals surface area contributed by atoms with Crippen molar-refractivity contribution in [3.63, 3.8) is 0 Å². The fraction of sp³-hybridized carbons (Fsp3) is 0.600. The molecule has 0 aliphatic carbocycles. The van der Waals surface area contributed by atoms with Crippen LogP contribution in [0.4, 0.5) is 0 Å². The van der Waals surface area contributed by atoms with Gasteiger partial charge in [-0.15, -0.1) is 11.3 Å². The number of rotatable bonds is 5. The van der Waals surface area contributed by atoms with Crippen LogP contribution < -0.4 is 0 Å². The Morgan fingerprint density at radius 3 is 2.73 bits per heavy atom. The second-order valence-electron chi connectivity index (χ2n) is 5.58. The summed E-state index contributed by atoms with van der Waals surface area (Å²) >= 11 is 2.92. The predicted octanol–water partition coefficient (Wildman–Crippen LogP) is 2.57. The molecule has 5 nitrogen and oxygen atoms in total. The molecule has 2 aliphatic heterocycles. The summed E-state index contributed by atoms with van der Waals surface area (Å²) in [6.45, 7) is 1.39. The number of amides is 1. The van der Waals surface area contributed by atoms with Crippen LogP contribution in [-0.2, 0) is 4.74 Å². The Labute approximate surface area is 137 Å². The van der Waals surface area contributed by atoms with Crippen molar-refractivity contribution < 1.29 is 19.4 Å². The van der Waals surface area contributed by atoms with E-state index in [9.17, 15) is 9.59 Å². The summed E-state index contributed by atoms with van der Waals surface area (Å²) in [5, 5.41) is 9.02. The maximum absolute atomic E-state index is 12.8. The van der Waals surface area contributed by atoms with Crippen LogP contribution in [0.2, 0.25) is 0 Å². The van der Waals surface area contributed by atoms with Gasteiger partial charge >= 0.3 is 5.97 Å². The van der Waals surface area contributed by atoms with E-state index in [0.29, 0.717) is 11.4 Å². The molecule has 120 valence electrons. The number of aromatic carboxylic acids is 1. The molecule has 2 unspecified atom stereocenters. The molecule has 22 heavy (non-hydrogen) atoms. The number of carbonyl (C=O) groups excluding carboxylic acids is 1. The zero-order chi connectivity index (χ0) is 15.5. The molecule has 0 bridgehead atoms. The molecule has 3 rings (SSSR count). The van der Waals surface area contributed by atoms with Gasteiger partial charge in [0.1, 0.15) is 4.88 Å². The number of nitrogens with zero attached hydrogens (tertiary/aromatic N) is 1. The number of ether oxygens (including phenoxy) is 1. The minimum atomic E-state index is -0.980. The Kier molecular flexibility index (Phi) is 5.05. The molecule has 3 heterocycles. The fourth-order valence-electron chi connectivity index (χ4n) is 2.88. The lowest BCUT2D eigenvalue weighted by Gasteiger charge is -2.30. The number of thiophene rings is 1. The standard InChI is InChI=1S/C15H19NO4S2/c17-14(12-3-4-13(22-12)15(18)19)16(10-5-7-21-9-10)8-11-2-1-6-20-11/h3-4,10-11H,1-2,5-9H2,(H,18,19). The smallest absolute Gasteiger partial charge is 0.345 e. The van der Waals surface area contributed by atoms with Gasteiger partial charge in [-0.05, 0) is 37.1 Å². The third kappa shape index (κ3) is 3.47. The lowest BCUT2D eigenvalue weighted by molar-refractivity contribution is 0.0445. The normalized spacial score (nSPS) is 24.5. The summed E-state index contributed by atoms with van der Waals surface area (Å²) in [4.78, 5) is 26.5. The maximum atomic E-state index is 12.8. The van der Waals surface area contributed by atoms with Crippen molar-refractivity contribution in [1.29, 1.82) is 0 Å². The molecular weight excluding hydrogens is 322 g/mol. The highest BCUT2D eigenvalue weighted by molar-refractivity contribution is 7.99. The molecule has 0 saturated carbocycles. The zero-order valence-electron chi connectivity index (χ0n) is 12.2. The Morgan fingerprint density at radius 2 is 2.14 bits per heavy atom. The number of carbonyl (C=O) groups is 2. The van der Waals surface area contributed by atoms with Gasteiger partial charge < -0.3 is 14.7 Å². The first kappa shape index (κ1) is 15.8. The molecule has 2 atom stereocenters. The van der Waals surface area contributed by atoms with E-state index in [-0.39, 0.29) is 22.9 Å². The van der Waals surface area contributed by atoms with Gasteiger partial charge in [-0.2, -0.15) is 11.8 Å². The van der Waals surface area contributed by atoms with E-state index < -0.39 is 5.97 Å². The van der Waals surface area contributed by atoms with E-state index in [1.54, 1.807) is 6.07 Å². The molecule has 0 radical (unpaired) electrons. The van der Waals surface area contributed by atoms with Crippen LogP contribution in [0, 0.1) is 0 Å². The van der Waals surface area contributed by atoms with E-state index >= 15 is 0 Å². The van der Waals surface area contributed by atoms with Crippen LogP contribution in [-0.4, -0.2) is 58.7 Å². The monoisotopic (exact) mass is 341 g/mol. The van der Waals surface area contributed by atoms with Crippen LogP contribution in [0.3, 0.4) is 0 Å².